The summed E-state index contributed by atoms with van der Waals surface area (Å²) < 4.78 is 11.5. The van der Waals surface area contributed by atoms with Crippen molar-refractivity contribution < 1.29 is 24.5 Å². The van der Waals surface area contributed by atoms with Crippen LogP contribution in [-0.2, 0) is 14.3 Å². The molecule has 144 valence electrons. The van der Waals surface area contributed by atoms with Crippen molar-refractivity contribution in [3.8, 4) is 0 Å². The van der Waals surface area contributed by atoms with Gasteiger partial charge in [0.15, 0.2) is 5.78 Å². The maximum Gasteiger partial charge on any atom is 0.167 e. The number of aliphatic hydroxyl groups excluding tert-OH is 2. The van der Waals surface area contributed by atoms with E-state index in [0.29, 0.717) is 18.9 Å². The quantitative estimate of drug-likeness (QED) is 0.517. The van der Waals surface area contributed by atoms with Crippen LogP contribution >= 0.6 is 0 Å². The predicted octanol–water partition coefficient (Wildman–Crippen LogP) is 2.63. The molecule has 0 spiro atoms. The number of hydrogen-bond acceptors (Lipinski definition) is 5. The summed E-state index contributed by atoms with van der Waals surface area (Å²) in [5.74, 6) is 0.570. The van der Waals surface area contributed by atoms with Gasteiger partial charge in [-0.05, 0) is 50.5 Å². The molecule has 0 bridgehead atoms. The molecule has 5 heteroatoms. The number of epoxide rings is 1. The lowest BCUT2D eigenvalue weighted by molar-refractivity contribution is -0.124. The van der Waals surface area contributed by atoms with Crippen molar-refractivity contribution in [2.45, 2.75) is 83.7 Å². The van der Waals surface area contributed by atoms with E-state index in [1.165, 1.54) is 0 Å². The van der Waals surface area contributed by atoms with Crippen LogP contribution in [0.3, 0.4) is 0 Å². The Morgan fingerprint density at radius 1 is 1.40 bits per heavy atom. The average Bonchev–Trinajstić information content (AvgIpc) is 3.37. The fourth-order valence-corrected chi connectivity index (χ4v) is 3.62. The number of Topliss-reactive ketones (excluding diaryl/α,β-unsaturated/α-hetero) is 1. The highest BCUT2D eigenvalue weighted by molar-refractivity contribution is 5.87. The maximum atomic E-state index is 12.4. The maximum absolute atomic E-state index is 12.4. The lowest BCUT2D eigenvalue weighted by Gasteiger charge is -2.33. The van der Waals surface area contributed by atoms with Gasteiger partial charge in [-0.3, -0.25) is 4.79 Å². The minimum absolute atomic E-state index is 0.00569. The molecule has 2 fully saturated rings. The van der Waals surface area contributed by atoms with E-state index in [-0.39, 0.29) is 30.5 Å². The number of carbonyl (C=O) groups is 1. The van der Waals surface area contributed by atoms with Crippen molar-refractivity contribution in [2.75, 3.05) is 13.2 Å². The first-order valence-corrected chi connectivity index (χ1v) is 9.58. The zero-order chi connectivity index (χ0) is 18.6. The van der Waals surface area contributed by atoms with Crippen LogP contribution in [0, 0.1) is 11.8 Å². The van der Waals surface area contributed by atoms with E-state index in [1.54, 1.807) is 6.08 Å². The fourth-order valence-electron chi connectivity index (χ4n) is 3.62. The number of ether oxygens (including phenoxy) is 2. The smallest absolute Gasteiger partial charge is 0.167 e. The highest BCUT2D eigenvalue weighted by Gasteiger charge is 2.47. The second-order valence-corrected chi connectivity index (χ2v) is 8.16. The number of ketones is 1. The van der Waals surface area contributed by atoms with E-state index < -0.39 is 11.7 Å². The monoisotopic (exact) mass is 354 g/mol. The molecular weight excluding hydrogens is 320 g/mol. The summed E-state index contributed by atoms with van der Waals surface area (Å²) in [4.78, 5) is 12.4. The highest BCUT2D eigenvalue weighted by atomic mass is 16.6. The Bertz CT molecular complexity index is 486. The van der Waals surface area contributed by atoms with E-state index in [0.717, 1.165) is 31.3 Å². The molecule has 2 N–H and O–H groups in total. The molecule has 5 atom stereocenters. The van der Waals surface area contributed by atoms with Gasteiger partial charge in [0, 0.05) is 5.92 Å². The zero-order valence-electron chi connectivity index (χ0n) is 16.0. The molecule has 0 aromatic rings. The highest BCUT2D eigenvalue weighted by Crippen LogP contribution is 2.34. The summed E-state index contributed by atoms with van der Waals surface area (Å²) in [6.45, 7) is 8.53. The molecule has 3 unspecified atom stereocenters. The van der Waals surface area contributed by atoms with E-state index >= 15 is 0 Å². The summed E-state index contributed by atoms with van der Waals surface area (Å²) >= 11 is 0. The minimum atomic E-state index is -0.593. The molecule has 2 aliphatic heterocycles. The third kappa shape index (κ3) is 5.36. The van der Waals surface area contributed by atoms with Gasteiger partial charge in [0.25, 0.3) is 0 Å². The molecule has 0 aromatic carbocycles. The van der Waals surface area contributed by atoms with Gasteiger partial charge in [-0.15, -0.1) is 0 Å². The van der Waals surface area contributed by atoms with Gasteiger partial charge < -0.3 is 19.7 Å². The second-order valence-electron chi connectivity index (χ2n) is 8.16. The molecule has 5 nitrogen and oxygen atoms in total. The number of hydrogen-bond donors (Lipinski definition) is 2. The SMILES string of the molecule is CC(CCC[C@]1(C)OC/C(=C/CO)CC[C@H]1O)C(=O)C1OC1C(C)C. The molecule has 2 aliphatic rings. The van der Waals surface area contributed by atoms with Crippen LogP contribution in [0.5, 0.6) is 0 Å². The van der Waals surface area contributed by atoms with Gasteiger partial charge in [0.1, 0.15) is 6.10 Å². The Labute approximate surface area is 151 Å². The minimum Gasteiger partial charge on any atom is -0.392 e. The van der Waals surface area contributed by atoms with Gasteiger partial charge in [-0.25, -0.2) is 0 Å². The zero-order valence-corrected chi connectivity index (χ0v) is 16.0. The lowest BCUT2D eigenvalue weighted by Crippen LogP contribution is -2.41. The van der Waals surface area contributed by atoms with Crippen LogP contribution in [-0.4, -0.2) is 53.1 Å². The number of aliphatic hydroxyl groups is 2. The molecule has 2 saturated heterocycles. The molecule has 0 aliphatic carbocycles. The molecule has 0 amide bonds. The van der Waals surface area contributed by atoms with Crippen LogP contribution in [0.1, 0.15) is 59.8 Å². The summed E-state index contributed by atoms with van der Waals surface area (Å²) in [7, 11) is 0. The number of rotatable bonds is 8. The molecule has 2 rings (SSSR count). The Kier molecular flexibility index (Phi) is 7.20. The third-order valence-electron chi connectivity index (χ3n) is 5.67. The van der Waals surface area contributed by atoms with Crippen LogP contribution < -0.4 is 0 Å². The van der Waals surface area contributed by atoms with Gasteiger partial charge >= 0.3 is 0 Å². The second kappa shape index (κ2) is 8.76. The first kappa shape index (κ1) is 20.6. The molecule has 0 saturated carbocycles. The van der Waals surface area contributed by atoms with Crippen molar-refractivity contribution in [1.29, 1.82) is 0 Å². The van der Waals surface area contributed by atoms with E-state index in [9.17, 15) is 9.90 Å². The summed E-state index contributed by atoms with van der Waals surface area (Å²) in [6, 6.07) is 0. The van der Waals surface area contributed by atoms with Crippen molar-refractivity contribution in [2.24, 2.45) is 11.8 Å². The Morgan fingerprint density at radius 2 is 2.12 bits per heavy atom. The van der Waals surface area contributed by atoms with Gasteiger partial charge in [-0.2, -0.15) is 0 Å². The average molecular weight is 354 g/mol. The van der Waals surface area contributed by atoms with Crippen LogP contribution in [0.15, 0.2) is 11.6 Å². The molecule has 2 heterocycles. The van der Waals surface area contributed by atoms with Crippen LogP contribution in [0.2, 0.25) is 0 Å². The van der Waals surface area contributed by atoms with Crippen molar-refractivity contribution in [3.05, 3.63) is 11.6 Å². The van der Waals surface area contributed by atoms with Crippen LogP contribution in [0.25, 0.3) is 0 Å². The van der Waals surface area contributed by atoms with E-state index in [2.05, 4.69) is 13.8 Å². The topological polar surface area (TPSA) is 79.3 Å². The standard InChI is InChI=1S/C20H34O5/c1-13(2)18-19(25-18)17(23)14(3)6-5-10-20(4)16(22)8-7-15(9-11-21)12-24-20/h9,13-14,16,18-19,21-22H,5-8,10-12H2,1-4H3/b15-9+/t14?,16-,18?,19?,20+/m1/s1. The normalized spacial score (nSPS) is 35.6. The van der Waals surface area contributed by atoms with Gasteiger partial charge in [-0.1, -0.05) is 26.8 Å². The van der Waals surface area contributed by atoms with Gasteiger partial charge in [0.05, 0.1) is 31.0 Å². The fraction of sp³-hybridized carbons (Fsp3) is 0.850. The summed E-state index contributed by atoms with van der Waals surface area (Å²) in [5, 5.41) is 19.5. The summed E-state index contributed by atoms with van der Waals surface area (Å²) in [5.41, 5.74) is 0.448. The van der Waals surface area contributed by atoms with Crippen molar-refractivity contribution in [3.63, 3.8) is 0 Å². The Hall–Kier alpha value is -0.750. The molecule has 0 radical (unpaired) electrons. The Morgan fingerprint density at radius 3 is 2.72 bits per heavy atom. The third-order valence-corrected chi connectivity index (χ3v) is 5.67. The molecule has 0 aromatic heterocycles. The lowest BCUT2D eigenvalue weighted by atomic mass is 9.87. The summed E-state index contributed by atoms with van der Waals surface area (Å²) in [6.07, 6.45) is 4.85. The van der Waals surface area contributed by atoms with Crippen molar-refractivity contribution >= 4 is 5.78 Å². The predicted molar refractivity (Wildman–Crippen MR) is 96.3 cm³/mol. The van der Waals surface area contributed by atoms with E-state index in [4.69, 9.17) is 14.6 Å². The molecular formula is C20H34O5. The Balaban J connectivity index is 1.79. The first-order valence-electron chi connectivity index (χ1n) is 9.58. The first-order chi connectivity index (χ1) is 11.8. The molecule has 25 heavy (non-hydrogen) atoms. The van der Waals surface area contributed by atoms with Crippen molar-refractivity contribution in [1.82, 2.24) is 0 Å². The van der Waals surface area contributed by atoms with Gasteiger partial charge in [0.2, 0.25) is 0 Å². The number of carbonyl (C=O) groups excluding carboxylic acids is 1. The van der Waals surface area contributed by atoms with Crippen LogP contribution in [0.4, 0.5) is 0 Å². The largest absolute Gasteiger partial charge is 0.392 e. The van der Waals surface area contributed by atoms with E-state index in [1.807, 2.05) is 13.8 Å².